The molecular formula is C11H12FN3O. The highest BCUT2D eigenvalue weighted by atomic mass is 19.1. The molecule has 2 rings (SSSR count). The van der Waals surface area contributed by atoms with E-state index in [0.717, 1.165) is 11.3 Å². The summed E-state index contributed by atoms with van der Waals surface area (Å²) in [5.41, 5.74) is 1.11. The summed E-state index contributed by atoms with van der Waals surface area (Å²) in [7, 11) is 0. The van der Waals surface area contributed by atoms with Crippen molar-refractivity contribution in [3.8, 4) is 5.69 Å². The number of aryl methyl sites for hydroxylation is 2. The molecule has 0 amide bonds. The Morgan fingerprint density at radius 2 is 2.25 bits per heavy atom. The summed E-state index contributed by atoms with van der Waals surface area (Å²) in [5.74, 6) is 0.349. The number of aromatic amines is 1. The molecule has 2 aromatic rings. The van der Waals surface area contributed by atoms with Crippen molar-refractivity contribution >= 4 is 0 Å². The monoisotopic (exact) mass is 221 g/mol. The highest BCUT2D eigenvalue weighted by Gasteiger charge is 2.08. The first kappa shape index (κ1) is 10.6. The fourth-order valence-electron chi connectivity index (χ4n) is 1.66. The molecule has 0 atom stereocenters. The average molecular weight is 221 g/mol. The van der Waals surface area contributed by atoms with Gasteiger partial charge in [0, 0.05) is 6.42 Å². The highest BCUT2D eigenvalue weighted by Crippen LogP contribution is 2.15. The van der Waals surface area contributed by atoms with Gasteiger partial charge in [-0.25, -0.2) is 19.0 Å². The molecule has 1 aromatic carbocycles. The topological polar surface area (TPSA) is 50.7 Å². The fraction of sp³-hybridized carbons (Fsp3) is 0.273. The second-order valence-electron chi connectivity index (χ2n) is 3.56. The number of aromatic nitrogens is 3. The smallest absolute Gasteiger partial charge is 0.244 e. The van der Waals surface area contributed by atoms with Crippen molar-refractivity contribution in [2.24, 2.45) is 0 Å². The number of rotatable bonds is 2. The molecule has 0 saturated heterocycles. The molecule has 0 fully saturated rings. The first-order valence-corrected chi connectivity index (χ1v) is 5.06. The molecule has 0 aliphatic rings. The molecule has 0 saturated carbocycles. The predicted molar refractivity (Wildman–Crippen MR) is 58.3 cm³/mol. The minimum absolute atomic E-state index is 0.290. The van der Waals surface area contributed by atoms with E-state index in [-0.39, 0.29) is 11.5 Å². The van der Waals surface area contributed by atoms with Crippen LogP contribution in [0, 0.1) is 12.7 Å². The number of hydrogen-bond acceptors (Lipinski definition) is 2. The maximum Gasteiger partial charge on any atom is 0.361 e. The predicted octanol–water partition coefficient (Wildman–Crippen LogP) is 1.57. The molecular weight excluding hydrogens is 209 g/mol. The maximum atomic E-state index is 13.0. The lowest BCUT2D eigenvalue weighted by Gasteiger charge is -2.08. The van der Waals surface area contributed by atoms with Crippen LogP contribution in [0.2, 0.25) is 0 Å². The minimum Gasteiger partial charge on any atom is -0.244 e. The summed E-state index contributed by atoms with van der Waals surface area (Å²) in [6.45, 7) is 3.70. The Hall–Kier alpha value is -1.91. The van der Waals surface area contributed by atoms with E-state index < -0.39 is 0 Å². The van der Waals surface area contributed by atoms with Gasteiger partial charge in [-0.15, -0.1) is 0 Å². The van der Waals surface area contributed by atoms with Gasteiger partial charge in [-0.1, -0.05) is 6.92 Å². The standard InChI is InChI=1S/C11H12FN3O/c1-3-10-13-11(16)14-15(10)9-5-4-8(12)6-7(9)2/h4-6H,3H2,1-2H3,(H,14,16). The zero-order valence-corrected chi connectivity index (χ0v) is 9.12. The zero-order valence-electron chi connectivity index (χ0n) is 9.12. The van der Waals surface area contributed by atoms with E-state index in [1.54, 1.807) is 17.7 Å². The third kappa shape index (κ3) is 1.76. The van der Waals surface area contributed by atoms with Crippen LogP contribution in [0.4, 0.5) is 4.39 Å². The van der Waals surface area contributed by atoms with Gasteiger partial charge in [0.25, 0.3) is 0 Å². The van der Waals surface area contributed by atoms with Crippen LogP contribution in [0.1, 0.15) is 18.3 Å². The van der Waals surface area contributed by atoms with Crippen LogP contribution in [0.3, 0.4) is 0 Å². The van der Waals surface area contributed by atoms with Crippen LogP contribution in [0.5, 0.6) is 0 Å². The van der Waals surface area contributed by atoms with E-state index in [9.17, 15) is 9.18 Å². The molecule has 0 spiro atoms. The molecule has 5 heteroatoms. The van der Waals surface area contributed by atoms with Gasteiger partial charge in [0.05, 0.1) is 5.69 Å². The molecule has 84 valence electrons. The number of benzene rings is 1. The summed E-state index contributed by atoms with van der Waals surface area (Å²) in [6, 6.07) is 4.41. The molecule has 1 aromatic heterocycles. The lowest BCUT2D eigenvalue weighted by Crippen LogP contribution is -2.07. The zero-order chi connectivity index (χ0) is 11.7. The summed E-state index contributed by atoms with van der Waals surface area (Å²) >= 11 is 0. The average Bonchev–Trinajstić information content (AvgIpc) is 2.59. The van der Waals surface area contributed by atoms with Crippen molar-refractivity contribution in [1.29, 1.82) is 0 Å². The number of hydrogen-bond donors (Lipinski definition) is 1. The Balaban J connectivity index is 2.62. The van der Waals surface area contributed by atoms with E-state index >= 15 is 0 Å². The molecule has 0 unspecified atom stereocenters. The van der Waals surface area contributed by atoms with E-state index in [4.69, 9.17) is 0 Å². The number of nitrogens with zero attached hydrogens (tertiary/aromatic N) is 2. The normalized spacial score (nSPS) is 10.7. The van der Waals surface area contributed by atoms with Crippen molar-refractivity contribution in [3.63, 3.8) is 0 Å². The number of H-pyrrole nitrogens is 1. The van der Waals surface area contributed by atoms with Crippen molar-refractivity contribution in [2.45, 2.75) is 20.3 Å². The summed E-state index contributed by atoms with van der Waals surface area (Å²) < 4.78 is 14.5. The quantitative estimate of drug-likeness (QED) is 0.836. The van der Waals surface area contributed by atoms with Gasteiger partial charge in [-0.2, -0.15) is 4.98 Å². The second kappa shape index (κ2) is 3.92. The van der Waals surface area contributed by atoms with Crippen LogP contribution >= 0.6 is 0 Å². The molecule has 0 aliphatic carbocycles. The van der Waals surface area contributed by atoms with E-state index in [1.807, 2.05) is 6.92 Å². The van der Waals surface area contributed by atoms with Crippen LogP contribution in [-0.2, 0) is 6.42 Å². The Morgan fingerprint density at radius 1 is 1.50 bits per heavy atom. The minimum atomic E-state index is -0.388. The Bertz CT molecular complexity index is 571. The molecule has 0 bridgehead atoms. The maximum absolute atomic E-state index is 13.0. The van der Waals surface area contributed by atoms with Crippen molar-refractivity contribution < 1.29 is 4.39 Å². The lowest BCUT2D eigenvalue weighted by atomic mass is 10.2. The second-order valence-corrected chi connectivity index (χ2v) is 3.56. The van der Waals surface area contributed by atoms with Gasteiger partial charge in [-0.3, -0.25) is 0 Å². The Morgan fingerprint density at radius 3 is 2.88 bits per heavy atom. The van der Waals surface area contributed by atoms with Gasteiger partial charge < -0.3 is 0 Å². The SMILES string of the molecule is CCc1nc(=O)[nH]n1-c1ccc(F)cc1C. The fourth-order valence-corrected chi connectivity index (χ4v) is 1.66. The molecule has 1 heterocycles. The largest absolute Gasteiger partial charge is 0.361 e. The van der Waals surface area contributed by atoms with Gasteiger partial charge in [0.1, 0.15) is 11.6 Å². The Kier molecular flexibility index (Phi) is 2.60. The van der Waals surface area contributed by atoms with Gasteiger partial charge in [0.2, 0.25) is 0 Å². The lowest BCUT2D eigenvalue weighted by molar-refractivity contribution is 0.625. The van der Waals surface area contributed by atoms with Gasteiger partial charge in [0.15, 0.2) is 0 Å². The van der Waals surface area contributed by atoms with Crippen LogP contribution in [0.15, 0.2) is 23.0 Å². The van der Waals surface area contributed by atoms with E-state index in [2.05, 4.69) is 10.1 Å². The molecule has 16 heavy (non-hydrogen) atoms. The third-order valence-corrected chi connectivity index (χ3v) is 2.41. The summed E-state index contributed by atoms with van der Waals surface area (Å²) in [6.07, 6.45) is 0.634. The van der Waals surface area contributed by atoms with Crippen molar-refractivity contribution in [1.82, 2.24) is 14.8 Å². The van der Waals surface area contributed by atoms with E-state index in [1.165, 1.54) is 12.1 Å². The van der Waals surface area contributed by atoms with Crippen molar-refractivity contribution in [3.05, 3.63) is 45.9 Å². The van der Waals surface area contributed by atoms with Crippen LogP contribution < -0.4 is 5.69 Å². The summed E-state index contributed by atoms with van der Waals surface area (Å²) in [4.78, 5) is 15.0. The van der Waals surface area contributed by atoms with Gasteiger partial charge >= 0.3 is 5.69 Å². The molecule has 1 N–H and O–H groups in total. The molecule has 4 nitrogen and oxygen atoms in total. The van der Waals surface area contributed by atoms with Gasteiger partial charge in [-0.05, 0) is 30.7 Å². The molecule has 0 aliphatic heterocycles. The van der Waals surface area contributed by atoms with Crippen LogP contribution in [-0.4, -0.2) is 14.8 Å². The van der Waals surface area contributed by atoms with Crippen LogP contribution in [0.25, 0.3) is 5.69 Å². The number of halogens is 1. The highest BCUT2D eigenvalue weighted by molar-refractivity contribution is 5.40. The van der Waals surface area contributed by atoms with E-state index in [0.29, 0.717) is 12.2 Å². The first-order chi connectivity index (χ1) is 7.61. The number of nitrogens with one attached hydrogen (secondary N) is 1. The first-order valence-electron chi connectivity index (χ1n) is 5.06. The Labute approximate surface area is 91.7 Å². The summed E-state index contributed by atoms with van der Waals surface area (Å²) in [5, 5.41) is 2.60. The molecule has 0 radical (unpaired) electrons. The third-order valence-electron chi connectivity index (χ3n) is 2.41. The van der Waals surface area contributed by atoms with Crippen molar-refractivity contribution in [2.75, 3.05) is 0 Å².